The summed E-state index contributed by atoms with van der Waals surface area (Å²) in [5.41, 5.74) is 5.22. The lowest BCUT2D eigenvalue weighted by molar-refractivity contribution is -0.249. The van der Waals surface area contributed by atoms with Crippen LogP contribution in [0.2, 0.25) is 0 Å². The van der Waals surface area contributed by atoms with E-state index in [4.69, 9.17) is 19.8 Å². The van der Waals surface area contributed by atoms with Crippen LogP contribution in [0.25, 0.3) is 21.3 Å². The lowest BCUT2D eigenvalue weighted by Crippen LogP contribution is -2.64. The van der Waals surface area contributed by atoms with E-state index in [1.54, 1.807) is 17.5 Å². The molecule has 4 N–H and O–H groups in total. The number of ether oxygens (including phenoxy) is 1. The summed E-state index contributed by atoms with van der Waals surface area (Å²) < 4.78 is 10.1. The van der Waals surface area contributed by atoms with Crippen LogP contribution in [-0.4, -0.2) is 108 Å². The lowest BCUT2D eigenvalue weighted by atomic mass is 9.39. The van der Waals surface area contributed by atoms with Gasteiger partial charge >= 0.3 is 5.97 Å². The number of aliphatic hydroxyl groups excluding tert-OH is 2. The first-order chi connectivity index (χ1) is 28.2. The van der Waals surface area contributed by atoms with Crippen molar-refractivity contribution < 1.29 is 24.9 Å². The molecule has 1 aromatic carbocycles. The van der Waals surface area contributed by atoms with Crippen LogP contribution in [0.15, 0.2) is 42.6 Å². The van der Waals surface area contributed by atoms with Crippen molar-refractivity contribution in [2.24, 2.45) is 16.2 Å². The van der Waals surface area contributed by atoms with Crippen LogP contribution in [0.1, 0.15) is 86.1 Å². The molecule has 2 unspecified atom stereocenters. The Hall–Kier alpha value is -4.54. The van der Waals surface area contributed by atoms with E-state index < -0.39 is 5.97 Å². The van der Waals surface area contributed by atoms with Crippen molar-refractivity contribution in [2.45, 2.75) is 97.2 Å². The first-order valence-electron chi connectivity index (χ1n) is 20.8. The molecule has 4 bridgehead atoms. The number of carbonyl (C=O) groups is 1. The molecule has 4 aliphatic carbocycles. The summed E-state index contributed by atoms with van der Waals surface area (Å²) in [6.45, 7) is 11.3. The summed E-state index contributed by atoms with van der Waals surface area (Å²) in [7, 11) is 1.92. The lowest BCUT2D eigenvalue weighted by Gasteiger charge is -2.69. The molecule has 5 aromatic rings. The van der Waals surface area contributed by atoms with E-state index in [1.807, 2.05) is 67.1 Å². The van der Waals surface area contributed by atoms with E-state index in [0.717, 1.165) is 89.2 Å². The average molecular weight is 822 g/mol. The molecule has 4 aromatic heterocycles. The summed E-state index contributed by atoms with van der Waals surface area (Å²) in [6.07, 6.45) is 9.87. The third kappa shape index (κ3) is 7.28. The zero-order valence-corrected chi connectivity index (χ0v) is 35.5. The third-order valence-corrected chi connectivity index (χ3v) is 14.6. The van der Waals surface area contributed by atoms with Gasteiger partial charge in [-0.1, -0.05) is 37.3 Å². The monoisotopic (exact) mass is 821 g/mol. The second-order valence-corrected chi connectivity index (χ2v) is 19.8. The molecular weight excluding hydrogens is 767 g/mol. The number of para-hydroxylation sites is 1. The van der Waals surface area contributed by atoms with Crippen molar-refractivity contribution in [3.8, 4) is 11.1 Å². The van der Waals surface area contributed by atoms with Gasteiger partial charge in [-0.15, -0.1) is 10.2 Å². The van der Waals surface area contributed by atoms with Crippen LogP contribution >= 0.6 is 11.3 Å². The Morgan fingerprint density at radius 2 is 1.75 bits per heavy atom. The van der Waals surface area contributed by atoms with Crippen molar-refractivity contribution in [2.75, 3.05) is 50.2 Å². The maximum Gasteiger partial charge on any atom is 0.355 e. The van der Waals surface area contributed by atoms with E-state index >= 15 is 0 Å². The second-order valence-electron chi connectivity index (χ2n) is 18.7. The van der Waals surface area contributed by atoms with Crippen molar-refractivity contribution >= 4 is 50.1 Å². The van der Waals surface area contributed by atoms with Crippen molar-refractivity contribution in [1.29, 1.82) is 0 Å². The van der Waals surface area contributed by atoms with Gasteiger partial charge in [0.15, 0.2) is 22.5 Å². The quantitative estimate of drug-likeness (QED) is 0.0911. The Bertz CT molecular complexity index is 2360. The Balaban J connectivity index is 0.959. The minimum Gasteiger partial charge on any atom is -0.476 e. The summed E-state index contributed by atoms with van der Waals surface area (Å²) in [6, 6.07) is 11.5. The first kappa shape index (κ1) is 39.9. The number of benzene rings is 1. The number of aromatic carboxylic acids is 1. The van der Waals surface area contributed by atoms with Crippen LogP contribution in [0.3, 0.4) is 0 Å². The summed E-state index contributed by atoms with van der Waals surface area (Å²) >= 11 is 1.57. The van der Waals surface area contributed by atoms with E-state index in [2.05, 4.69) is 34.0 Å². The fourth-order valence-electron chi connectivity index (χ4n) is 12.2. The van der Waals surface area contributed by atoms with Gasteiger partial charge in [-0.05, 0) is 113 Å². The van der Waals surface area contributed by atoms with Crippen molar-refractivity contribution in [3.05, 3.63) is 65.1 Å². The number of aromatic nitrogens is 6. The predicted molar refractivity (Wildman–Crippen MR) is 228 cm³/mol. The normalized spacial score (nSPS) is 26.0. The number of carboxylic acids is 1. The van der Waals surface area contributed by atoms with Gasteiger partial charge in [0, 0.05) is 47.6 Å². The highest BCUT2D eigenvalue weighted by Crippen LogP contribution is 2.72. The molecule has 4 saturated carbocycles. The molecule has 4 fully saturated rings. The van der Waals surface area contributed by atoms with Crippen LogP contribution in [0, 0.1) is 30.1 Å². The molecule has 0 spiro atoms. The third-order valence-electron chi connectivity index (χ3n) is 13.7. The van der Waals surface area contributed by atoms with E-state index in [1.165, 1.54) is 6.42 Å². The van der Waals surface area contributed by atoms with E-state index in [-0.39, 0.29) is 46.8 Å². The zero-order chi connectivity index (χ0) is 41.3. The molecule has 5 aliphatic rings. The topological polar surface area (TPSA) is 175 Å². The Morgan fingerprint density at radius 1 is 0.983 bits per heavy atom. The number of thiazole rings is 1. The molecule has 15 heteroatoms. The van der Waals surface area contributed by atoms with Gasteiger partial charge < -0.3 is 30.3 Å². The fraction of sp³-hybridized carbons (Fsp3) is 0.545. The summed E-state index contributed by atoms with van der Waals surface area (Å²) in [4.78, 5) is 26.4. The number of nitrogens with zero attached hydrogens (tertiary/aromatic N) is 8. The Morgan fingerprint density at radius 3 is 2.47 bits per heavy atom. The number of hydrogen-bond acceptors (Lipinski definition) is 13. The SMILES string of the molecule is Cc1c(Nc2nc3ccccc3s2)nnc2c1CCCN2c1ccc(-c2cnn(CC34CC5(OCCN(C)C(CO)CO)C[C@](C)(C3)C[C@](C)(C4)C5)c2C)c(C(=O)O)n1. The molecule has 59 heavy (non-hydrogen) atoms. The number of aliphatic hydroxyl groups is 2. The van der Waals surface area contributed by atoms with Gasteiger partial charge in [-0.25, -0.2) is 14.8 Å². The molecule has 1 aliphatic heterocycles. The highest BCUT2D eigenvalue weighted by Gasteiger charge is 2.66. The number of likely N-dealkylation sites (N-methyl/N-ethyl adjacent to an activating group) is 1. The molecule has 0 amide bonds. The van der Waals surface area contributed by atoms with Crippen LogP contribution < -0.4 is 10.2 Å². The second kappa shape index (κ2) is 14.9. The Labute approximate surface area is 348 Å². The molecule has 5 heterocycles. The first-order valence-corrected chi connectivity index (χ1v) is 21.6. The minimum atomic E-state index is -1.10. The summed E-state index contributed by atoms with van der Waals surface area (Å²) in [5, 5.41) is 48.2. The molecule has 14 nitrogen and oxygen atoms in total. The highest BCUT2D eigenvalue weighted by atomic mass is 32.1. The average Bonchev–Trinajstić information content (AvgIpc) is 3.76. The minimum absolute atomic E-state index is 0.0146. The maximum absolute atomic E-state index is 12.9. The fourth-order valence-corrected chi connectivity index (χ4v) is 13.1. The maximum atomic E-state index is 12.9. The number of anilines is 4. The molecule has 4 atom stereocenters. The van der Waals surface area contributed by atoms with Gasteiger partial charge in [-0.2, -0.15) is 5.10 Å². The number of fused-ring (bicyclic) bond motifs is 2. The molecule has 0 radical (unpaired) electrons. The molecule has 312 valence electrons. The Kier molecular flexibility index (Phi) is 10.1. The van der Waals surface area contributed by atoms with Crippen LogP contribution in [-0.2, 0) is 17.7 Å². The smallest absolute Gasteiger partial charge is 0.355 e. The highest BCUT2D eigenvalue weighted by molar-refractivity contribution is 7.22. The van der Waals surface area contributed by atoms with Crippen molar-refractivity contribution in [3.63, 3.8) is 0 Å². The van der Waals surface area contributed by atoms with Gasteiger partial charge in [0.25, 0.3) is 0 Å². The largest absolute Gasteiger partial charge is 0.476 e. The van der Waals surface area contributed by atoms with Gasteiger partial charge in [0.05, 0.1) is 47.9 Å². The number of hydrogen-bond donors (Lipinski definition) is 4. The zero-order valence-electron chi connectivity index (χ0n) is 34.7. The predicted octanol–water partition coefficient (Wildman–Crippen LogP) is 6.91. The van der Waals surface area contributed by atoms with Crippen LogP contribution in [0.5, 0.6) is 0 Å². The molecular formula is C44H55N9O5S. The number of pyridine rings is 1. The summed E-state index contributed by atoms with van der Waals surface area (Å²) in [5.74, 6) is 0.771. The van der Waals surface area contributed by atoms with E-state index in [9.17, 15) is 20.1 Å². The number of carboxylic acid groups (broad SMARTS) is 1. The molecule has 0 saturated heterocycles. The molecule has 10 rings (SSSR count). The van der Waals surface area contributed by atoms with Gasteiger partial charge in [-0.3, -0.25) is 9.58 Å². The number of rotatable bonds is 14. The van der Waals surface area contributed by atoms with Gasteiger partial charge in [0.2, 0.25) is 0 Å². The standard InChI is InChI=1S/C44H55N9O5S/c1-27-30-9-8-14-52(38(30)50-49-37(27)48-40-46-33-10-6-7-11-34(33)59-40)35-13-12-31(36(47-35)39(56)57)32-17-45-53(28(32)2)26-43-21-41(3)20-42(4,22-43)24-44(23-41,25-43)58-16-15-51(5)29(18-54)19-55/h6-7,10-13,17,29,54-55H,8-9,14-16,18-26H2,1-5H3,(H,56,57)(H,46,48,49)/t41-,42+,43?,44?. The number of nitrogens with one attached hydrogen (secondary N) is 1. The van der Waals surface area contributed by atoms with Gasteiger partial charge in [0.1, 0.15) is 5.82 Å². The van der Waals surface area contributed by atoms with Crippen LogP contribution in [0.4, 0.5) is 22.6 Å². The van der Waals surface area contributed by atoms with Crippen molar-refractivity contribution in [1.82, 2.24) is 34.8 Å². The van der Waals surface area contributed by atoms with E-state index in [0.29, 0.717) is 42.7 Å².